The summed E-state index contributed by atoms with van der Waals surface area (Å²) >= 11 is 0. The molecule has 0 saturated carbocycles. The van der Waals surface area contributed by atoms with Crippen LogP contribution in [0, 0.1) is 5.92 Å². The molecule has 3 heteroatoms. The average Bonchev–Trinajstić information content (AvgIpc) is 2.27. The van der Waals surface area contributed by atoms with Crippen LogP contribution >= 0.6 is 0 Å². The minimum atomic E-state index is -0.735. The highest BCUT2D eigenvalue weighted by Crippen LogP contribution is 2.22. The highest BCUT2D eigenvalue weighted by Gasteiger charge is 2.24. The molecule has 1 aromatic carbocycles. The maximum absolute atomic E-state index is 11.6. The van der Waals surface area contributed by atoms with Crippen LogP contribution in [0.4, 0.5) is 0 Å². The Morgan fingerprint density at radius 1 is 1.27 bits per heavy atom. The van der Waals surface area contributed by atoms with Crippen LogP contribution in [-0.2, 0) is 4.79 Å². The Morgan fingerprint density at radius 2 is 1.80 bits per heavy atom. The number of hydrogen-bond acceptors (Lipinski definition) is 2. The van der Waals surface area contributed by atoms with Gasteiger partial charge in [-0.3, -0.25) is 4.79 Å². The number of carbonyl (C=O) groups is 1. The molecule has 15 heavy (non-hydrogen) atoms. The third kappa shape index (κ3) is 2.80. The predicted molar refractivity (Wildman–Crippen MR) is 59.3 cm³/mol. The van der Waals surface area contributed by atoms with Gasteiger partial charge in [0.15, 0.2) is 0 Å². The van der Waals surface area contributed by atoms with Crippen molar-refractivity contribution in [2.45, 2.75) is 13.0 Å². The molecule has 1 amide bonds. The van der Waals surface area contributed by atoms with Crippen molar-refractivity contribution in [2.24, 2.45) is 5.92 Å². The molecule has 0 heterocycles. The molecule has 0 spiro atoms. The van der Waals surface area contributed by atoms with Crippen molar-refractivity contribution in [2.75, 3.05) is 14.1 Å². The van der Waals surface area contributed by atoms with Crippen LogP contribution in [0.2, 0.25) is 0 Å². The molecule has 0 saturated heterocycles. The van der Waals surface area contributed by atoms with Crippen molar-refractivity contribution in [3.8, 4) is 0 Å². The fourth-order valence-corrected chi connectivity index (χ4v) is 1.48. The third-order valence-corrected chi connectivity index (χ3v) is 2.45. The molecule has 0 aromatic heterocycles. The molecule has 82 valence electrons. The minimum absolute atomic E-state index is 0.0636. The number of amides is 1. The van der Waals surface area contributed by atoms with Gasteiger partial charge in [0, 0.05) is 14.1 Å². The predicted octanol–water partition coefficient (Wildman–Crippen LogP) is 1.44. The average molecular weight is 207 g/mol. The lowest BCUT2D eigenvalue weighted by atomic mass is 9.96. The molecule has 0 fully saturated rings. The van der Waals surface area contributed by atoms with E-state index < -0.39 is 12.0 Å². The van der Waals surface area contributed by atoms with Crippen molar-refractivity contribution < 1.29 is 9.90 Å². The Balaban J connectivity index is 2.77. The molecule has 1 N–H and O–H groups in total. The standard InChI is InChI=1S/C12H17NO2/c1-9(12(15)13(2)3)11(14)10-7-5-4-6-8-10/h4-9,11,14H,1-3H3. The molecule has 0 aliphatic carbocycles. The fourth-order valence-electron chi connectivity index (χ4n) is 1.48. The monoisotopic (exact) mass is 207 g/mol. The van der Waals surface area contributed by atoms with Crippen LogP contribution < -0.4 is 0 Å². The molecular formula is C12H17NO2. The van der Waals surface area contributed by atoms with E-state index in [0.29, 0.717) is 0 Å². The Morgan fingerprint density at radius 3 is 2.27 bits per heavy atom. The van der Waals surface area contributed by atoms with Crippen LogP contribution in [0.1, 0.15) is 18.6 Å². The first-order valence-electron chi connectivity index (χ1n) is 4.98. The zero-order valence-corrected chi connectivity index (χ0v) is 9.34. The molecule has 0 radical (unpaired) electrons. The van der Waals surface area contributed by atoms with E-state index in [1.165, 1.54) is 4.90 Å². The highest BCUT2D eigenvalue weighted by molar-refractivity contribution is 5.78. The van der Waals surface area contributed by atoms with Gasteiger partial charge in [0.1, 0.15) is 0 Å². The summed E-state index contributed by atoms with van der Waals surface area (Å²) in [4.78, 5) is 13.1. The summed E-state index contributed by atoms with van der Waals surface area (Å²) < 4.78 is 0. The summed E-state index contributed by atoms with van der Waals surface area (Å²) in [6.45, 7) is 1.74. The van der Waals surface area contributed by atoms with Gasteiger partial charge in [-0.05, 0) is 5.56 Å². The zero-order valence-electron chi connectivity index (χ0n) is 9.34. The normalized spacial score (nSPS) is 14.4. The van der Waals surface area contributed by atoms with Gasteiger partial charge >= 0.3 is 0 Å². The summed E-state index contributed by atoms with van der Waals surface area (Å²) in [5.74, 6) is -0.478. The third-order valence-electron chi connectivity index (χ3n) is 2.45. The number of hydrogen-bond donors (Lipinski definition) is 1. The van der Waals surface area contributed by atoms with Gasteiger partial charge in [0.05, 0.1) is 12.0 Å². The SMILES string of the molecule is CC(C(=O)N(C)C)C(O)c1ccccc1. The van der Waals surface area contributed by atoms with Gasteiger partial charge in [-0.25, -0.2) is 0 Å². The maximum atomic E-state index is 11.6. The number of carbonyl (C=O) groups excluding carboxylic acids is 1. The van der Waals surface area contributed by atoms with Crippen molar-refractivity contribution in [3.63, 3.8) is 0 Å². The lowest BCUT2D eigenvalue weighted by molar-refractivity contribution is -0.136. The first kappa shape index (κ1) is 11.7. The summed E-state index contributed by atoms with van der Waals surface area (Å²) in [5, 5.41) is 9.96. The lowest BCUT2D eigenvalue weighted by Gasteiger charge is -2.21. The number of nitrogens with zero attached hydrogens (tertiary/aromatic N) is 1. The quantitative estimate of drug-likeness (QED) is 0.814. The van der Waals surface area contributed by atoms with Gasteiger partial charge in [-0.1, -0.05) is 37.3 Å². The van der Waals surface area contributed by atoms with E-state index in [1.54, 1.807) is 21.0 Å². The van der Waals surface area contributed by atoms with Gasteiger partial charge < -0.3 is 10.0 Å². The molecule has 1 rings (SSSR count). The zero-order chi connectivity index (χ0) is 11.4. The molecule has 1 aromatic rings. The largest absolute Gasteiger partial charge is 0.388 e. The molecule has 2 atom stereocenters. The van der Waals surface area contributed by atoms with Crippen LogP contribution in [0.25, 0.3) is 0 Å². The molecular weight excluding hydrogens is 190 g/mol. The van der Waals surface area contributed by atoms with E-state index in [0.717, 1.165) is 5.56 Å². The number of rotatable bonds is 3. The van der Waals surface area contributed by atoms with Crippen LogP contribution in [0.3, 0.4) is 0 Å². The molecule has 3 nitrogen and oxygen atoms in total. The van der Waals surface area contributed by atoms with Gasteiger partial charge in [0.25, 0.3) is 0 Å². The molecule has 0 bridgehead atoms. The Labute approximate surface area is 90.3 Å². The number of aliphatic hydroxyl groups is 1. The van der Waals surface area contributed by atoms with Gasteiger partial charge in [-0.15, -0.1) is 0 Å². The van der Waals surface area contributed by atoms with E-state index in [1.807, 2.05) is 30.3 Å². The fraction of sp³-hybridized carbons (Fsp3) is 0.417. The lowest BCUT2D eigenvalue weighted by Crippen LogP contribution is -2.31. The second-order valence-corrected chi connectivity index (χ2v) is 3.88. The minimum Gasteiger partial charge on any atom is -0.388 e. The van der Waals surface area contributed by atoms with Crippen LogP contribution in [-0.4, -0.2) is 30.0 Å². The van der Waals surface area contributed by atoms with E-state index in [4.69, 9.17) is 0 Å². The van der Waals surface area contributed by atoms with E-state index in [2.05, 4.69) is 0 Å². The second kappa shape index (κ2) is 4.94. The Hall–Kier alpha value is -1.35. The summed E-state index contributed by atoms with van der Waals surface area (Å²) in [7, 11) is 3.38. The Kier molecular flexibility index (Phi) is 3.86. The van der Waals surface area contributed by atoms with E-state index in [9.17, 15) is 9.90 Å². The van der Waals surface area contributed by atoms with Crippen molar-refractivity contribution in [3.05, 3.63) is 35.9 Å². The number of aliphatic hydroxyl groups excluding tert-OH is 1. The van der Waals surface area contributed by atoms with Gasteiger partial charge in [-0.2, -0.15) is 0 Å². The van der Waals surface area contributed by atoms with E-state index in [-0.39, 0.29) is 5.91 Å². The van der Waals surface area contributed by atoms with Gasteiger partial charge in [0.2, 0.25) is 5.91 Å². The summed E-state index contributed by atoms with van der Waals surface area (Å²) in [6.07, 6.45) is -0.735. The summed E-state index contributed by atoms with van der Waals surface area (Å²) in [6, 6.07) is 9.24. The molecule has 0 aliphatic heterocycles. The van der Waals surface area contributed by atoms with Crippen molar-refractivity contribution >= 4 is 5.91 Å². The smallest absolute Gasteiger partial charge is 0.227 e. The first-order valence-corrected chi connectivity index (χ1v) is 4.98. The molecule has 2 unspecified atom stereocenters. The highest BCUT2D eigenvalue weighted by atomic mass is 16.3. The molecule has 0 aliphatic rings. The first-order chi connectivity index (χ1) is 7.04. The van der Waals surface area contributed by atoms with E-state index >= 15 is 0 Å². The van der Waals surface area contributed by atoms with Crippen LogP contribution in [0.15, 0.2) is 30.3 Å². The van der Waals surface area contributed by atoms with Crippen molar-refractivity contribution in [1.29, 1.82) is 0 Å². The maximum Gasteiger partial charge on any atom is 0.227 e. The topological polar surface area (TPSA) is 40.5 Å². The Bertz CT molecular complexity index is 322. The number of benzene rings is 1. The summed E-state index contributed by atoms with van der Waals surface area (Å²) in [5.41, 5.74) is 0.778. The van der Waals surface area contributed by atoms with Crippen LogP contribution in [0.5, 0.6) is 0 Å². The van der Waals surface area contributed by atoms with Crippen molar-refractivity contribution in [1.82, 2.24) is 4.90 Å². The second-order valence-electron chi connectivity index (χ2n) is 3.88.